The third kappa shape index (κ3) is 2.79. The second-order valence-corrected chi connectivity index (χ2v) is 4.04. The number of pyridine rings is 1. The normalized spacial score (nSPS) is 16.5. The third-order valence-corrected chi connectivity index (χ3v) is 2.76. The van der Waals surface area contributed by atoms with Crippen molar-refractivity contribution >= 4 is 11.6 Å². The van der Waals surface area contributed by atoms with Crippen LogP contribution in [0.4, 0.5) is 24.8 Å². The van der Waals surface area contributed by atoms with Crippen molar-refractivity contribution in [1.29, 1.82) is 0 Å². The Kier molecular flexibility index (Phi) is 3.10. The minimum Gasteiger partial charge on any atom is -0.367 e. The Labute approximate surface area is 96.4 Å². The molecule has 17 heavy (non-hydrogen) atoms. The molecule has 94 valence electrons. The fourth-order valence-electron chi connectivity index (χ4n) is 1.60. The molecule has 1 heterocycles. The molecule has 1 aromatic heterocycles. The minimum atomic E-state index is -4.40. The summed E-state index contributed by atoms with van der Waals surface area (Å²) >= 11 is 0. The smallest absolute Gasteiger partial charge is 0.367 e. The van der Waals surface area contributed by atoms with Crippen LogP contribution in [-0.4, -0.2) is 11.0 Å². The average molecular weight is 246 g/mol. The highest BCUT2D eigenvalue weighted by Gasteiger charge is 2.32. The van der Waals surface area contributed by atoms with E-state index in [9.17, 15) is 13.2 Å². The Morgan fingerprint density at radius 1 is 1.24 bits per heavy atom. The molecule has 0 amide bonds. The first-order valence-electron chi connectivity index (χ1n) is 5.31. The van der Waals surface area contributed by atoms with Gasteiger partial charge in [0.1, 0.15) is 11.6 Å². The lowest BCUT2D eigenvalue weighted by Crippen LogP contribution is -2.28. The predicted molar refractivity (Wildman–Crippen MR) is 58.3 cm³/mol. The van der Waals surface area contributed by atoms with E-state index in [-0.39, 0.29) is 17.7 Å². The van der Waals surface area contributed by atoms with Crippen molar-refractivity contribution in [2.45, 2.75) is 31.5 Å². The number of aromatic nitrogens is 1. The van der Waals surface area contributed by atoms with Crippen molar-refractivity contribution < 1.29 is 13.2 Å². The van der Waals surface area contributed by atoms with Gasteiger partial charge in [0, 0.05) is 6.04 Å². The van der Waals surface area contributed by atoms with Crippen LogP contribution in [0.5, 0.6) is 0 Å². The second kappa shape index (κ2) is 4.40. The van der Waals surface area contributed by atoms with E-state index in [0.29, 0.717) is 0 Å². The van der Waals surface area contributed by atoms with Gasteiger partial charge >= 0.3 is 6.18 Å². The van der Waals surface area contributed by atoms with Gasteiger partial charge in [-0.15, -0.1) is 0 Å². The number of hydrazine groups is 1. The molecule has 4 nitrogen and oxygen atoms in total. The number of anilines is 2. The van der Waals surface area contributed by atoms with Gasteiger partial charge in [0.25, 0.3) is 0 Å². The molecule has 0 aromatic carbocycles. The molecule has 1 fully saturated rings. The van der Waals surface area contributed by atoms with Crippen LogP contribution in [0.25, 0.3) is 0 Å². The van der Waals surface area contributed by atoms with Crippen molar-refractivity contribution in [3.05, 3.63) is 17.7 Å². The Hall–Kier alpha value is -1.50. The molecule has 0 bridgehead atoms. The monoisotopic (exact) mass is 246 g/mol. The molecular formula is C10H13F3N4. The summed E-state index contributed by atoms with van der Waals surface area (Å²) < 4.78 is 37.8. The first kappa shape index (κ1) is 12.0. The Morgan fingerprint density at radius 2 is 1.88 bits per heavy atom. The van der Waals surface area contributed by atoms with Crippen LogP contribution in [0.15, 0.2) is 12.1 Å². The summed E-state index contributed by atoms with van der Waals surface area (Å²) in [6.07, 6.45) is -1.38. The number of alkyl halides is 3. The molecule has 1 aliphatic carbocycles. The number of nitrogens with one attached hydrogen (secondary N) is 2. The molecule has 1 aliphatic rings. The van der Waals surface area contributed by atoms with Gasteiger partial charge < -0.3 is 10.7 Å². The summed E-state index contributed by atoms with van der Waals surface area (Å²) in [5.74, 6) is 5.31. The largest absolute Gasteiger partial charge is 0.416 e. The highest BCUT2D eigenvalue weighted by atomic mass is 19.4. The molecule has 0 aliphatic heterocycles. The molecule has 0 unspecified atom stereocenters. The summed E-state index contributed by atoms with van der Waals surface area (Å²) in [5.41, 5.74) is 1.38. The summed E-state index contributed by atoms with van der Waals surface area (Å²) in [6.45, 7) is 0. The van der Waals surface area contributed by atoms with Crippen molar-refractivity contribution in [3.63, 3.8) is 0 Å². The lowest BCUT2D eigenvalue weighted by atomic mass is 9.93. The lowest BCUT2D eigenvalue weighted by molar-refractivity contribution is -0.137. The topological polar surface area (TPSA) is 63.0 Å². The zero-order chi connectivity index (χ0) is 12.5. The van der Waals surface area contributed by atoms with E-state index in [0.717, 1.165) is 31.4 Å². The SMILES string of the molecule is NNc1cc(C(F)(F)F)cc(NC2CCC2)n1. The number of hydrogen-bond acceptors (Lipinski definition) is 4. The highest BCUT2D eigenvalue weighted by molar-refractivity contribution is 5.49. The van der Waals surface area contributed by atoms with Crippen LogP contribution in [0.2, 0.25) is 0 Å². The van der Waals surface area contributed by atoms with Crippen LogP contribution in [0, 0.1) is 0 Å². The van der Waals surface area contributed by atoms with Crippen molar-refractivity contribution in [3.8, 4) is 0 Å². The zero-order valence-corrected chi connectivity index (χ0v) is 9.01. The van der Waals surface area contributed by atoms with Crippen molar-refractivity contribution in [1.82, 2.24) is 4.98 Å². The molecule has 0 radical (unpaired) electrons. The van der Waals surface area contributed by atoms with Gasteiger partial charge in [-0.25, -0.2) is 10.8 Å². The number of hydrogen-bond donors (Lipinski definition) is 3. The number of halogens is 3. The van der Waals surface area contributed by atoms with E-state index < -0.39 is 11.7 Å². The van der Waals surface area contributed by atoms with Crippen LogP contribution in [0.1, 0.15) is 24.8 Å². The number of nitrogens with two attached hydrogens (primary N) is 1. The van der Waals surface area contributed by atoms with E-state index in [4.69, 9.17) is 5.84 Å². The van der Waals surface area contributed by atoms with Crippen molar-refractivity contribution in [2.75, 3.05) is 10.7 Å². The minimum absolute atomic E-state index is 0.00153. The van der Waals surface area contributed by atoms with E-state index >= 15 is 0 Å². The van der Waals surface area contributed by atoms with E-state index in [2.05, 4.69) is 15.7 Å². The van der Waals surface area contributed by atoms with Gasteiger partial charge in [-0.1, -0.05) is 0 Å². The molecule has 7 heteroatoms. The third-order valence-electron chi connectivity index (χ3n) is 2.76. The Bertz CT molecular complexity index is 401. The molecule has 0 atom stereocenters. The number of nitrogen functional groups attached to an aromatic ring is 1. The summed E-state index contributed by atoms with van der Waals surface area (Å²) in [4.78, 5) is 3.94. The number of rotatable bonds is 3. The molecule has 2 rings (SSSR count). The molecule has 0 saturated heterocycles. The highest BCUT2D eigenvalue weighted by Crippen LogP contribution is 2.32. The van der Waals surface area contributed by atoms with Gasteiger partial charge in [0.15, 0.2) is 0 Å². The predicted octanol–water partition coefficient (Wildman–Crippen LogP) is 2.35. The first-order chi connectivity index (χ1) is 7.99. The summed E-state index contributed by atoms with van der Waals surface area (Å²) in [6, 6.07) is 2.10. The fourth-order valence-corrected chi connectivity index (χ4v) is 1.60. The Morgan fingerprint density at radius 3 is 2.35 bits per heavy atom. The van der Waals surface area contributed by atoms with Gasteiger partial charge in [-0.05, 0) is 31.4 Å². The standard InChI is InChI=1S/C10H13F3N4/c11-10(12,13)6-4-8(15-7-2-1-3-7)16-9(5-6)17-14/h4-5,7H,1-3,14H2,(H2,15,16,17). The maximum atomic E-state index is 12.6. The summed E-state index contributed by atoms with van der Waals surface area (Å²) in [7, 11) is 0. The van der Waals surface area contributed by atoms with Crippen LogP contribution < -0.4 is 16.6 Å². The molecule has 0 spiro atoms. The number of nitrogens with zero attached hydrogens (tertiary/aromatic N) is 1. The van der Waals surface area contributed by atoms with Crippen molar-refractivity contribution in [2.24, 2.45) is 5.84 Å². The molecule has 1 saturated carbocycles. The first-order valence-corrected chi connectivity index (χ1v) is 5.31. The maximum absolute atomic E-state index is 12.6. The van der Waals surface area contributed by atoms with Gasteiger partial charge in [-0.2, -0.15) is 13.2 Å². The Balaban J connectivity index is 2.24. The molecule has 4 N–H and O–H groups in total. The van der Waals surface area contributed by atoms with Gasteiger partial charge in [0.2, 0.25) is 0 Å². The fraction of sp³-hybridized carbons (Fsp3) is 0.500. The van der Waals surface area contributed by atoms with E-state index in [1.165, 1.54) is 0 Å². The maximum Gasteiger partial charge on any atom is 0.416 e. The second-order valence-electron chi connectivity index (χ2n) is 4.04. The van der Waals surface area contributed by atoms with E-state index in [1.54, 1.807) is 0 Å². The molecule has 1 aromatic rings. The van der Waals surface area contributed by atoms with Crippen LogP contribution in [0.3, 0.4) is 0 Å². The molecular weight excluding hydrogens is 233 g/mol. The van der Waals surface area contributed by atoms with Crippen LogP contribution in [-0.2, 0) is 6.18 Å². The zero-order valence-electron chi connectivity index (χ0n) is 9.01. The van der Waals surface area contributed by atoms with Gasteiger partial charge in [0.05, 0.1) is 5.56 Å². The van der Waals surface area contributed by atoms with Crippen LogP contribution >= 0.6 is 0 Å². The summed E-state index contributed by atoms with van der Waals surface area (Å²) in [5, 5.41) is 2.96. The van der Waals surface area contributed by atoms with E-state index in [1.807, 2.05) is 0 Å². The lowest BCUT2D eigenvalue weighted by Gasteiger charge is -2.27. The average Bonchev–Trinajstić information content (AvgIpc) is 2.22. The quantitative estimate of drug-likeness (QED) is 0.566. The van der Waals surface area contributed by atoms with Gasteiger partial charge in [-0.3, -0.25) is 0 Å².